The van der Waals surface area contributed by atoms with E-state index in [1.807, 2.05) is 12.1 Å². The Morgan fingerprint density at radius 3 is 2.61 bits per heavy atom. The van der Waals surface area contributed by atoms with Gasteiger partial charge in [0.1, 0.15) is 5.75 Å². The van der Waals surface area contributed by atoms with Gasteiger partial charge in [0.25, 0.3) is 0 Å². The lowest BCUT2D eigenvalue weighted by Gasteiger charge is -2.23. The maximum absolute atomic E-state index is 5.48. The van der Waals surface area contributed by atoms with Crippen LogP contribution in [-0.4, -0.2) is 13.7 Å². The van der Waals surface area contributed by atoms with E-state index in [1.54, 1.807) is 7.11 Å². The number of halogens is 1. The third-order valence-electron chi connectivity index (χ3n) is 3.35. The summed E-state index contributed by atoms with van der Waals surface area (Å²) < 4.78 is 6.58. The Labute approximate surface area is 119 Å². The standard InChI is InChI=1S/C15H24BrNO/c1-5-11(3)9-14(17-6-2)13-10-12(16)7-8-15(13)18-4/h7-8,10-11,14,17H,5-6,9H2,1-4H3. The second kappa shape index (κ2) is 7.80. The molecule has 0 amide bonds. The molecule has 2 nitrogen and oxygen atoms in total. The van der Waals surface area contributed by atoms with Gasteiger partial charge in [0.15, 0.2) is 0 Å². The number of ether oxygens (including phenoxy) is 1. The minimum absolute atomic E-state index is 0.359. The molecule has 0 fully saturated rings. The Bertz CT molecular complexity index is 368. The van der Waals surface area contributed by atoms with Crippen LogP contribution in [0.1, 0.15) is 45.2 Å². The van der Waals surface area contributed by atoms with E-state index < -0.39 is 0 Å². The average Bonchev–Trinajstić information content (AvgIpc) is 2.38. The fraction of sp³-hybridized carbons (Fsp3) is 0.600. The van der Waals surface area contributed by atoms with Crippen molar-refractivity contribution in [3.05, 3.63) is 28.2 Å². The molecule has 0 aliphatic rings. The maximum atomic E-state index is 5.48. The van der Waals surface area contributed by atoms with E-state index in [2.05, 4.69) is 48.1 Å². The van der Waals surface area contributed by atoms with Crippen LogP contribution in [0.3, 0.4) is 0 Å². The van der Waals surface area contributed by atoms with Gasteiger partial charge in [-0.05, 0) is 37.1 Å². The highest BCUT2D eigenvalue weighted by molar-refractivity contribution is 9.10. The summed E-state index contributed by atoms with van der Waals surface area (Å²) in [5.74, 6) is 1.67. The Hall–Kier alpha value is -0.540. The number of hydrogen-bond acceptors (Lipinski definition) is 2. The van der Waals surface area contributed by atoms with Crippen LogP contribution in [0.4, 0.5) is 0 Å². The van der Waals surface area contributed by atoms with Crippen LogP contribution in [-0.2, 0) is 0 Å². The zero-order chi connectivity index (χ0) is 13.5. The molecule has 0 bridgehead atoms. The fourth-order valence-corrected chi connectivity index (χ4v) is 2.49. The molecule has 0 radical (unpaired) electrons. The molecule has 1 rings (SSSR count). The van der Waals surface area contributed by atoms with Crippen molar-refractivity contribution >= 4 is 15.9 Å². The second-order valence-corrected chi connectivity index (χ2v) is 5.66. The van der Waals surface area contributed by atoms with Gasteiger partial charge in [0.05, 0.1) is 7.11 Å². The molecule has 1 aromatic carbocycles. The third kappa shape index (κ3) is 4.29. The van der Waals surface area contributed by atoms with Crippen molar-refractivity contribution in [2.75, 3.05) is 13.7 Å². The normalized spacial score (nSPS) is 14.3. The summed E-state index contributed by atoms with van der Waals surface area (Å²) in [6.07, 6.45) is 2.34. The van der Waals surface area contributed by atoms with Crippen molar-refractivity contribution in [1.82, 2.24) is 5.32 Å². The predicted octanol–water partition coefficient (Wildman–Crippen LogP) is 4.54. The second-order valence-electron chi connectivity index (χ2n) is 4.75. The van der Waals surface area contributed by atoms with E-state index in [-0.39, 0.29) is 0 Å². The van der Waals surface area contributed by atoms with Crippen molar-refractivity contribution in [2.24, 2.45) is 5.92 Å². The topological polar surface area (TPSA) is 21.3 Å². The number of hydrogen-bond donors (Lipinski definition) is 1. The van der Waals surface area contributed by atoms with E-state index in [0.29, 0.717) is 12.0 Å². The summed E-state index contributed by atoms with van der Waals surface area (Å²) in [6, 6.07) is 6.57. The molecule has 2 unspecified atom stereocenters. The van der Waals surface area contributed by atoms with Crippen molar-refractivity contribution in [3.63, 3.8) is 0 Å². The van der Waals surface area contributed by atoms with Gasteiger partial charge >= 0.3 is 0 Å². The molecular weight excluding hydrogens is 290 g/mol. The maximum Gasteiger partial charge on any atom is 0.123 e. The predicted molar refractivity (Wildman–Crippen MR) is 81.2 cm³/mol. The summed E-state index contributed by atoms with van der Waals surface area (Å²) in [5, 5.41) is 3.57. The Balaban J connectivity index is 2.99. The lowest BCUT2D eigenvalue weighted by atomic mass is 9.93. The monoisotopic (exact) mass is 313 g/mol. The molecule has 0 aliphatic carbocycles. The molecule has 0 saturated carbocycles. The van der Waals surface area contributed by atoms with Crippen LogP contribution in [0.5, 0.6) is 5.75 Å². The van der Waals surface area contributed by atoms with Gasteiger partial charge < -0.3 is 10.1 Å². The molecule has 0 aromatic heterocycles. The van der Waals surface area contributed by atoms with E-state index in [1.165, 1.54) is 12.0 Å². The number of rotatable bonds is 7. The summed E-state index contributed by atoms with van der Waals surface area (Å²) >= 11 is 3.54. The lowest BCUT2D eigenvalue weighted by molar-refractivity contribution is 0.374. The summed E-state index contributed by atoms with van der Waals surface area (Å²) in [7, 11) is 1.74. The van der Waals surface area contributed by atoms with Gasteiger partial charge in [-0.15, -0.1) is 0 Å². The van der Waals surface area contributed by atoms with Gasteiger partial charge in [0, 0.05) is 16.1 Å². The fourth-order valence-electron chi connectivity index (χ4n) is 2.11. The zero-order valence-corrected chi connectivity index (χ0v) is 13.4. The van der Waals surface area contributed by atoms with Gasteiger partial charge in [0.2, 0.25) is 0 Å². The average molecular weight is 314 g/mol. The van der Waals surface area contributed by atoms with E-state index in [9.17, 15) is 0 Å². The van der Waals surface area contributed by atoms with Gasteiger partial charge in [-0.25, -0.2) is 0 Å². The van der Waals surface area contributed by atoms with Crippen LogP contribution in [0.2, 0.25) is 0 Å². The van der Waals surface area contributed by atoms with Crippen molar-refractivity contribution < 1.29 is 4.74 Å². The van der Waals surface area contributed by atoms with E-state index in [0.717, 1.165) is 23.2 Å². The summed E-state index contributed by atoms with van der Waals surface area (Å²) in [6.45, 7) is 7.66. The molecule has 0 aliphatic heterocycles. The molecule has 18 heavy (non-hydrogen) atoms. The summed E-state index contributed by atoms with van der Waals surface area (Å²) in [4.78, 5) is 0. The first-order valence-corrected chi connectivity index (χ1v) is 7.48. The van der Waals surface area contributed by atoms with Gasteiger partial charge in [-0.1, -0.05) is 43.1 Å². The zero-order valence-electron chi connectivity index (χ0n) is 11.8. The van der Waals surface area contributed by atoms with Crippen LogP contribution < -0.4 is 10.1 Å². The number of methoxy groups -OCH3 is 1. The first kappa shape index (κ1) is 15.5. The number of benzene rings is 1. The van der Waals surface area contributed by atoms with Crippen LogP contribution in [0, 0.1) is 5.92 Å². The third-order valence-corrected chi connectivity index (χ3v) is 3.85. The Kier molecular flexibility index (Phi) is 6.72. The van der Waals surface area contributed by atoms with Gasteiger partial charge in [-0.2, -0.15) is 0 Å². The van der Waals surface area contributed by atoms with Crippen molar-refractivity contribution in [1.29, 1.82) is 0 Å². The minimum Gasteiger partial charge on any atom is -0.496 e. The van der Waals surface area contributed by atoms with E-state index in [4.69, 9.17) is 4.74 Å². The highest BCUT2D eigenvalue weighted by Gasteiger charge is 2.17. The molecule has 0 spiro atoms. The molecule has 1 N–H and O–H groups in total. The highest BCUT2D eigenvalue weighted by atomic mass is 79.9. The molecule has 102 valence electrons. The molecular formula is C15H24BrNO. The highest BCUT2D eigenvalue weighted by Crippen LogP contribution is 2.32. The van der Waals surface area contributed by atoms with Gasteiger partial charge in [-0.3, -0.25) is 0 Å². The molecule has 2 atom stereocenters. The molecule has 0 saturated heterocycles. The molecule has 3 heteroatoms. The largest absolute Gasteiger partial charge is 0.496 e. The van der Waals surface area contributed by atoms with Crippen molar-refractivity contribution in [2.45, 2.75) is 39.7 Å². The SMILES string of the molecule is CCNC(CC(C)CC)c1cc(Br)ccc1OC. The van der Waals surface area contributed by atoms with Crippen LogP contribution >= 0.6 is 15.9 Å². The smallest absolute Gasteiger partial charge is 0.123 e. The minimum atomic E-state index is 0.359. The van der Waals surface area contributed by atoms with Crippen LogP contribution in [0.15, 0.2) is 22.7 Å². The Morgan fingerprint density at radius 2 is 2.06 bits per heavy atom. The quantitative estimate of drug-likeness (QED) is 0.797. The Morgan fingerprint density at radius 1 is 1.33 bits per heavy atom. The molecule has 1 aromatic rings. The summed E-state index contributed by atoms with van der Waals surface area (Å²) in [5.41, 5.74) is 1.24. The van der Waals surface area contributed by atoms with E-state index >= 15 is 0 Å². The first-order valence-electron chi connectivity index (χ1n) is 6.69. The number of nitrogens with one attached hydrogen (secondary N) is 1. The molecule has 0 heterocycles. The lowest BCUT2D eigenvalue weighted by Crippen LogP contribution is -2.23. The first-order chi connectivity index (χ1) is 8.62. The van der Waals surface area contributed by atoms with Crippen molar-refractivity contribution in [3.8, 4) is 5.75 Å². The van der Waals surface area contributed by atoms with Crippen LogP contribution in [0.25, 0.3) is 0 Å².